The fourth-order valence-electron chi connectivity index (χ4n) is 2.58. The van der Waals surface area contributed by atoms with Crippen LogP contribution < -0.4 is 10.6 Å². The molecule has 0 aromatic heterocycles. The molecule has 0 saturated carbocycles. The second kappa shape index (κ2) is 13.5. The molecule has 2 N–H and O–H groups in total. The zero-order valence-electron chi connectivity index (χ0n) is 15.1. The molecule has 1 aliphatic rings. The van der Waals surface area contributed by atoms with Crippen LogP contribution >= 0.6 is 35.7 Å². The van der Waals surface area contributed by atoms with Crippen LogP contribution in [0.4, 0.5) is 0 Å². The highest BCUT2D eigenvalue weighted by atomic mass is 127. The molecule has 0 unspecified atom stereocenters. The molecule has 0 radical (unpaired) electrons. The maximum atomic E-state index is 12.1. The van der Waals surface area contributed by atoms with E-state index in [1.807, 2.05) is 18.7 Å². The summed E-state index contributed by atoms with van der Waals surface area (Å²) < 4.78 is 25.8. The van der Waals surface area contributed by atoms with Crippen molar-refractivity contribution in [2.75, 3.05) is 43.9 Å². The molecule has 24 heavy (non-hydrogen) atoms. The lowest BCUT2D eigenvalue weighted by Crippen LogP contribution is -2.50. The highest BCUT2D eigenvalue weighted by Crippen LogP contribution is 2.15. The van der Waals surface area contributed by atoms with Crippen LogP contribution in [0.15, 0.2) is 4.99 Å². The summed E-state index contributed by atoms with van der Waals surface area (Å²) in [4.78, 5) is 4.59. The van der Waals surface area contributed by atoms with Gasteiger partial charge in [0.15, 0.2) is 5.96 Å². The van der Waals surface area contributed by atoms with Gasteiger partial charge in [0, 0.05) is 32.2 Å². The average molecular weight is 492 g/mol. The van der Waals surface area contributed by atoms with E-state index >= 15 is 0 Å². The second-order valence-corrected chi connectivity index (χ2v) is 8.81. The molecule has 0 amide bonds. The first kappa shape index (κ1) is 24.3. The number of nitrogens with one attached hydrogen (secondary N) is 2. The van der Waals surface area contributed by atoms with Gasteiger partial charge in [0.1, 0.15) is 0 Å². The summed E-state index contributed by atoms with van der Waals surface area (Å²) in [6.45, 7) is 6.82. The zero-order chi connectivity index (χ0) is 17.1. The van der Waals surface area contributed by atoms with Crippen LogP contribution in [0.25, 0.3) is 0 Å². The summed E-state index contributed by atoms with van der Waals surface area (Å²) in [7, 11) is -3.06. The Bertz CT molecular complexity index is 452. The minimum Gasteiger partial charge on any atom is -0.357 e. The van der Waals surface area contributed by atoms with E-state index in [1.54, 1.807) is 4.31 Å². The van der Waals surface area contributed by atoms with Gasteiger partial charge in [-0.15, -0.1) is 24.0 Å². The average Bonchev–Trinajstić information content (AvgIpc) is 2.52. The standard InChI is InChI=1S/C15H32N4O2S2.HI/c1-4-13-23(20,21)19-10-7-14(8-11-19)18-15(16-5-2)17-9-6-12-22-3;/h14H,4-13H2,1-3H3,(H2,16,17,18);1H. The molecule has 0 atom stereocenters. The van der Waals surface area contributed by atoms with Gasteiger partial charge < -0.3 is 10.6 Å². The molecule has 1 heterocycles. The number of halogens is 1. The lowest BCUT2D eigenvalue weighted by atomic mass is 10.1. The quantitative estimate of drug-likeness (QED) is 0.223. The number of sulfonamides is 1. The fourth-order valence-corrected chi connectivity index (χ4v) is 4.54. The van der Waals surface area contributed by atoms with E-state index in [0.717, 1.165) is 44.1 Å². The summed E-state index contributed by atoms with van der Waals surface area (Å²) in [5.41, 5.74) is 0. The fraction of sp³-hybridized carbons (Fsp3) is 0.933. The van der Waals surface area contributed by atoms with Crippen molar-refractivity contribution in [3.8, 4) is 0 Å². The van der Waals surface area contributed by atoms with E-state index in [2.05, 4.69) is 28.8 Å². The Kier molecular flexibility index (Phi) is 13.6. The molecule has 1 rings (SSSR count). The zero-order valence-corrected chi connectivity index (χ0v) is 19.0. The SMILES string of the molecule is CCCS(=O)(=O)N1CCC(NC(=NCCCSC)NCC)CC1.I. The number of rotatable bonds is 9. The summed E-state index contributed by atoms with van der Waals surface area (Å²) in [5, 5.41) is 6.72. The number of hydrogen-bond donors (Lipinski definition) is 2. The highest BCUT2D eigenvalue weighted by molar-refractivity contribution is 14.0. The van der Waals surface area contributed by atoms with Crippen LogP contribution in [0, 0.1) is 0 Å². The monoisotopic (exact) mass is 492 g/mol. The largest absolute Gasteiger partial charge is 0.357 e. The topological polar surface area (TPSA) is 73.8 Å². The van der Waals surface area contributed by atoms with E-state index in [1.165, 1.54) is 0 Å². The van der Waals surface area contributed by atoms with Crippen LogP contribution in [0.3, 0.4) is 0 Å². The van der Waals surface area contributed by atoms with Gasteiger partial charge in [0.25, 0.3) is 0 Å². The van der Waals surface area contributed by atoms with Crippen molar-refractivity contribution in [2.24, 2.45) is 4.99 Å². The van der Waals surface area contributed by atoms with Crippen LogP contribution in [0.2, 0.25) is 0 Å². The number of nitrogens with zero attached hydrogens (tertiary/aromatic N) is 2. The van der Waals surface area contributed by atoms with Gasteiger partial charge in [-0.1, -0.05) is 6.92 Å². The predicted molar refractivity (Wildman–Crippen MR) is 116 cm³/mol. The Morgan fingerprint density at radius 2 is 1.96 bits per heavy atom. The lowest BCUT2D eigenvalue weighted by Gasteiger charge is -2.32. The highest BCUT2D eigenvalue weighted by Gasteiger charge is 2.27. The second-order valence-electron chi connectivity index (χ2n) is 5.74. The molecular formula is C15H33IN4O2S2. The first-order chi connectivity index (χ1) is 11.0. The van der Waals surface area contributed by atoms with Crippen molar-refractivity contribution >= 4 is 51.7 Å². The maximum absolute atomic E-state index is 12.1. The van der Waals surface area contributed by atoms with Crippen molar-refractivity contribution < 1.29 is 8.42 Å². The van der Waals surface area contributed by atoms with Gasteiger partial charge in [0.05, 0.1) is 5.75 Å². The summed E-state index contributed by atoms with van der Waals surface area (Å²) in [6.07, 6.45) is 5.52. The summed E-state index contributed by atoms with van der Waals surface area (Å²) in [5.74, 6) is 2.23. The van der Waals surface area contributed by atoms with Crippen molar-refractivity contribution in [1.29, 1.82) is 0 Å². The van der Waals surface area contributed by atoms with Crippen molar-refractivity contribution in [1.82, 2.24) is 14.9 Å². The molecule has 1 saturated heterocycles. The van der Waals surface area contributed by atoms with Crippen molar-refractivity contribution in [2.45, 2.75) is 45.6 Å². The minimum atomic E-state index is -3.06. The Labute approximate surface area is 169 Å². The molecule has 1 fully saturated rings. The number of thioether (sulfide) groups is 1. The molecule has 0 aromatic rings. The molecule has 0 aliphatic carbocycles. The molecule has 1 aliphatic heterocycles. The van der Waals surface area contributed by atoms with Gasteiger partial charge >= 0.3 is 0 Å². The maximum Gasteiger partial charge on any atom is 0.214 e. The third-order valence-electron chi connectivity index (χ3n) is 3.77. The van der Waals surface area contributed by atoms with Crippen LogP contribution in [0.1, 0.15) is 39.5 Å². The Balaban J connectivity index is 0.00000529. The normalized spacial score (nSPS) is 17.4. The van der Waals surface area contributed by atoms with E-state index in [9.17, 15) is 8.42 Å². The van der Waals surface area contributed by atoms with Crippen LogP contribution in [0.5, 0.6) is 0 Å². The van der Waals surface area contributed by atoms with E-state index < -0.39 is 10.0 Å². The van der Waals surface area contributed by atoms with Gasteiger partial charge in [-0.3, -0.25) is 4.99 Å². The van der Waals surface area contributed by atoms with Gasteiger partial charge in [-0.05, 0) is 44.6 Å². The van der Waals surface area contributed by atoms with E-state index in [0.29, 0.717) is 25.6 Å². The molecular weight excluding hydrogens is 459 g/mol. The van der Waals surface area contributed by atoms with Crippen LogP contribution in [-0.4, -0.2) is 68.7 Å². The van der Waals surface area contributed by atoms with Crippen LogP contribution in [-0.2, 0) is 10.0 Å². The Morgan fingerprint density at radius 3 is 2.50 bits per heavy atom. The summed E-state index contributed by atoms with van der Waals surface area (Å²) >= 11 is 1.84. The first-order valence-corrected chi connectivity index (χ1v) is 11.5. The number of piperidine rings is 1. The molecule has 9 heteroatoms. The molecule has 0 spiro atoms. The molecule has 6 nitrogen and oxygen atoms in total. The summed E-state index contributed by atoms with van der Waals surface area (Å²) in [6, 6.07) is 0.293. The van der Waals surface area contributed by atoms with Crippen molar-refractivity contribution in [3.05, 3.63) is 0 Å². The molecule has 0 aromatic carbocycles. The van der Waals surface area contributed by atoms with E-state index in [4.69, 9.17) is 0 Å². The lowest BCUT2D eigenvalue weighted by molar-refractivity contribution is 0.306. The number of aliphatic imine (C=N–C) groups is 1. The first-order valence-electron chi connectivity index (χ1n) is 8.55. The number of guanidine groups is 1. The van der Waals surface area contributed by atoms with Crippen molar-refractivity contribution in [3.63, 3.8) is 0 Å². The third kappa shape index (κ3) is 9.10. The Morgan fingerprint density at radius 1 is 1.29 bits per heavy atom. The predicted octanol–water partition coefficient (Wildman–Crippen LogP) is 2.12. The van der Waals surface area contributed by atoms with Gasteiger partial charge in [-0.2, -0.15) is 11.8 Å². The Hall–Kier alpha value is 0.260. The smallest absolute Gasteiger partial charge is 0.214 e. The molecule has 0 bridgehead atoms. The number of hydrogen-bond acceptors (Lipinski definition) is 4. The van der Waals surface area contributed by atoms with E-state index in [-0.39, 0.29) is 29.7 Å². The molecule has 144 valence electrons. The van der Waals surface area contributed by atoms with Gasteiger partial charge in [0.2, 0.25) is 10.0 Å². The minimum absolute atomic E-state index is 0. The third-order valence-corrected chi connectivity index (χ3v) is 6.54. The van der Waals surface area contributed by atoms with Gasteiger partial charge in [-0.25, -0.2) is 12.7 Å².